The second-order valence-electron chi connectivity index (χ2n) is 9.69. The topological polar surface area (TPSA) is 12.0 Å². The molecule has 1 saturated carbocycles. The minimum absolute atomic E-state index is 0.741. The van der Waals surface area contributed by atoms with Crippen molar-refractivity contribution in [2.45, 2.75) is 91.5 Å². The van der Waals surface area contributed by atoms with E-state index >= 15 is 0 Å². The maximum atomic E-state index is 3.72. The average molecular weight is 344 g/mol. The van der Waals surface area contributed by atoms with E-state index in [0.717, 1.165) is 42.2 Å². The van der Waals surface area contributed by atoms with Gasteiger partial charge in [-0.2, -0.15) is 0 Å². The highest BCUT2D eigenvalue weighted by Crippen LogP contribution is 2.43. The summed E-state index contributed by atoms with van der Waals surface area (Å²) in [7, 11) is 0. The lowest BCUT2D eigenvalue weighted by atomic mass is 9.66. The van der Waals surface area contributed by atoms with Gasteiger partial charge in [0.2, 0.25) is 0 Å². The Labute approximate surface area is 156 Å². The first-order valence-corrected chi connectivity index (χ1v) is 11.1. The Bertz CT molecular complexity index is 488. The second-order valence-corrected chi connectivity index (χ2v) is 9.69. The Morgan fingerprint density at radius 3 is 2.44 bits per heavy atom. The number of allylic oxidation sites excluding steroid dienone is 2. The fraction of sp³-hybridized carbons (Fsp3) is 0.833. The van der Waals surface area contributed by atoms with Gasteiger partial charge in [0.05, 0.1) is 0 Å². The Hall–Kier alpha value is -0.560. The van der Waals surface area contributed by atoms with Crippen LogP contribution in [0.5, 0.6) is 0 Å². The summed E-state index contributed by atoms with van der Waals surface area (Å²) in [6, 6.07) is 0.741. The van der Waals surface area contributed by atoms with Gasteiger partial charge in [0.1, 0.15) is 0 Å². The van der Waals surface area contributed by atoms with Crippen LogP contribution in [0.4, 0.5) is 0 Å². The molecule has 0 amide bonds. The Balaban J connectivity index is 1.55. The van der Waals surface area contributed by atoms with E-state index in [1.165, 1.54) is 57.8 Å². The van der Waals surface area contributed by atoms with Crippen LogP contribution in [-0.2, 0) is 0 Å². The maximum absolute atomic E-state index is 3.72. The molecule has 0 spiro atoms. The first-order valence-electron chi connectivity index (χ1n) is 11.1. The monoisotopic (exact) mass is 343 g/mol. The van der Waals surface area contributed by atoms with Crippen molar-refractivity contribution in [3.05, 3.63) is 23.3 Å². The Kier molecular flexibility index (Phi) is 6.83. The standard InChI is InChI=1S/C24H41N/c1-17-11-12-25-23(15-17)10-9-21-7-5-6-8-22(21)16-24-19(3)13-18(2)14-20(24)4/h11,13,19-25H,5-10,12,14-16H2,1-4H3/t19?,20?,21-,22?,23-,24+/m1/s1. The van der Waals surface area contributed by atoms with Crippen molar-refractivity contribution in [2.24, 2.45) is 29.6 Å². The molecule has 3 unspecified atom stereocenters. The molecule has 1 N–H and O–H groups in total. The fourth-order valence-corrected chi connectivity index (χ4v) is 6.15. The summed E-state index contributed by atoms with van der Waals surface area (Å²) < 4.78 is 0. The second kappa shape index (κ2) is 8.89. The third kappa shape index (κ3) is 5.22. The minimum Gasteiger partial charge on any atom is -0.310 e. The first-order chi connectivity index (χ1) is 12.0. The van der Waals surface area contributed by atoms with Crippen LogP contribution in [0.2, 0.25) is 0 Å². The van der Waals surface area contributed by atoms with Crippen molar-refractivity contribution < 1.29 is 0 Å². The molecule has 0 aromatic carbocycles. The highest BCUT2D eigenvalue weighted by Gasteiger charge is 2.33. The van der Waals surface area contributed by atoms with Crippen LogP contribution >= 0.6 is 0 Å². The summed E-state index contributed by atoms with van der Waals surface area (Å²) in [5.41, 5.74) is 3.22. The number of nitrogens with one attached hydrogen (secondary N) is 1. The van der Waals surface area contributed by atoms with Crippen LogP contribution in [-0.4, -0.2) is 12.6 Å². The first kappa shape index (κ1) is 19.2. The molecule has 0 aromatic heterocycles. The summed E-state index contributed by atoms with van der Waals surface area (Å²) >= 11 is 0. The lowest BCUT2D eigenvalue weighted by molar-refractivity contribution is 0.136. The van der Waals surface area contributed by atoms with Crippen molar-refractivity contribution in [2.75, 3.05) is 6.54 Å². The molecule has 1 fully saturated rings. The van der Waals surface area contributed by atoms with Gasteiger partial charge in [-0.25, -0.2) is 0 Å². The van der Waals surface area contributed by atoms with Gasteiger partial charge in [-0.05, 0) is 75.5 Å². The molecule has 1 heteroatoms. The summed E-state index contributed by atoms with van der Waals surface area (Å²) in [5, 5.41) is 3.72. The molecule has 25 heavy (non-hydrogen) atoms. The van der Waals surface area contributed by atoms with E-state index in [2.05, 4.69) is 45.2 Å². The molecule has 1 heterocycles. The highest BCUT2D eigenvalue weighted by atomic mass is 14.9. The molecule has 142 valence electrons. The number of hydrogen-bond acceptors (Lipinski definition) is 1. The van der Waals surface area contributed by atoms with Gasteiger partial charge < -0.3 is 5.32 Å². The van der Waals surface area contributed by atoms with Crippen LogP contribution < -0.4 is 5.32 Å². The van der Waals surface area contributed by atoms with Crippen LogP contribution in [0, 0.1) is 29.6 Å². The molecule has 1 aliphatic heterocycles. The zero-order valence-corrected chi connectivity index (χ0v) is 17.2. The molecular formula is C24H41N. The summed E-state index contributed by atoms with van der Waals surface area (Å²) in [5.74, 6) is 4.59. The maximum Gasteiger partial charge on any atom is 0.0140 e. The van der Waals surface area contributed by atoms with Gasteiger partial charge in [-0.1, -0.05) is 62.8 Å². The largest absolute Gasteiger partial charge is 0.310 e. The predicted molar refractivity (Wildman–Crippen MR) is 110 cm³/mol. The van der Waals surface area contributed by atoms with E-state index in [-0.39, 0.29) is 0 Å². The predicted octanol–water partition coefficient (Wildman–Crippen LogP) is 6.51. The number of rotatable bonds is 5. The van der Waals surface area contributed by atoms with E-state index in [0.29, 0.717) is 0 Å². The average Bonchev–Trinajstić information content (AvgIpc) is 2.57. The van der Waals surface area contributed by atoms with Gasteiger partial charge in [-0.3, -0.25) is 0 Å². The molecule has 0 aromatic rings. The molecule has 0 bridgehead atoms. The Morgan fingerprint density at radius 2 is 1.72 bits per heavy atom. The summed E-state index contributed by atoms with van der Waals surface area (Å²) in [6.45, 7) is 10.7. The van der Waals surface area contributed by atoms with Gasteiger partial charge in [0.25, 0.3) is 0 Å². The van der Waals surface area contributed by atoms with E-state index in [1.54, 1.807) is 11.1 Å². The van der Waals surface area contributed by atoms with Gasteiger partial charge in [0.15, 0.2) is 0 Å². The normalized spacial score (nSPS) is 39.7. The highest BCUT2D eigenvalue weighted by molar-refractivity contribution is 5.08. The van der Waals surface area contributed by atoms with Crippen molar-refractivity contribution in [1.82, 2.24) is 5.32 Å². The lowest BCUT2D eigenvalue weighted by Crippen LogP contribution is -2.34. The van der Waals surface area contributed by atoms with Gasteiger partial charge in [0, 0.05) is 12.6 Å². The number of hydrogen-bond donors (Lipinski definition) is 1. The van der Waals surface area contributed by atoms with Gasteiger partial charge in [-0.15, -0.1) is 0 Å². The van der Waals surface area contributed by atoms with E-state index in [1.807, 2.05) is 0 Å². The smallest absolute Gasteiger partial charge is 0.0140 e. The van der Waals surface area contributed by atoms with Crippen molar-refractivity contribution in [3.8, 4) is 0 Å². The summed E-state index contributed by atoms with van der Waals surface area (Å²) in [6.07, 6.45) is 17.8. The SMILES string of the molecule is CC1=CC(C)[C@H](CC2CCCC[C@@H]2CC[C@@H]2CC(C)=CCN2)C(C)C1. The van der Waals surface area contributed by atoms with E-state index < -0.39 is 0 Å². The van der Waals surface area contributed by atoms with Crippen LogP contribution in [0.3, 0.4) is 0 Å². The van der Waals surface area contributed by atoms with Gasteiger partial charge >= 0.3 is 0 Å². The molecule has 0 saturated heterocycles. The zero-order chi connectivity index (χ0) is 17.8. The Morgan fingerprint density at radius 1 is 0.960 bits per heavy atom. The molecule has 2 aliphatic carbocycles. The molecule has 1 nitrogen and oxygen atoms in total. The van der Waals surface area contributed by atoms with Crippen LogP contribution in [0.1, 0.15) is 85.5 Å². The van der Waals surface area contributed by atoms with Crippen molar-refractivity contribution >= 4 is 0 Å². The zero-order valence-electron chi connectivity index (χ0n) is 17.2. The third-order valence-corrected chi connectivity index (χ3v) is 7.55. The molecule has 3 rings (SSSR count). The minimum atomic E-state index is 0.741. The van der Waals surface area contributed by atoms with Crippen molar-refractivity contribution in [1.29, 1.82) is 0 Å². The summed E-state index contributed by atoms with van der Waals surface area (Å²) in [4.78, 5) is 0. The van der Waals surface area contributed by atoms with Crippen molar-refractivity contribution in [3.63, 3.8) is 0 Å². The van der Waals surface area contributed by atoms with Crippen LogP contribution in [0.25, 0.3) is 0 Å². The molecule has 3 aliphatic rings. The molecule has 0 radical (unpaired) electrons. The van der Waals surface area contributed by atoms with E-state index in [4.69, 9.17) is 0 Å². The quantitative estimate of drug-likeness (QED) is 0.561. The van der Waals surface area contributed by atoms with Crippen LogP contribution in [0.15, 0.2) is 23.3 Å². The third-order valence-electron chi connectivity index (χ3n) is 7.55. The molecule has 6 atom stereocenters. The fourth-order valence-electron chi connectivity index (χ4n) is 6.15. The lowest BCUT2D eigenvalue weighted by Gasteiger charge is -2.40. The van der Waals surface area contributed by atoms with E-state index in [9.17, 15) is 0 Å². The molecular weight excluding hydrogens is 302 g/mol.